The molecule has 0 bridgehead atoms. The van der Waals surface area contributed by atoms with Crippen molar-refractivity contribution in [3.05, 3.63) is 100 Å². The fourth-order valence-corrected chi connectivity index (χ4v) is 6.27. The zero-order valence-electron chi connectivity index (χ0n) is 18.9. The van der Waals surface area contributed by atoms with Gasteiger partial charge in [0.1, 0.15) is 0 Å². The van der Waals surface area contributed by atoms with Crippen molar-refractivity contribution >= 4 is 27.6 Å². The van der Waals surface area contributed by atoms with E-state index in [9.17, 15) is 13.2 Å². The first kappa shape index (κ1) is 24.4. The lowest BCUT2D eigenvalue weighted by atomic mass is 9.96. The van der Waals surface area contributed by atoms with Crippen LogP contribution in [0.25, 0.3) is 0 Å². The molecule has 1 heterocycles. The molecular weight excluding hydrogens is 472 g/mol. The van der Waals surface area contributed by atoms with E-state index in [1.807, 2.05) is 42.5 Å². The number of aliphatic carboxylic acids is 1. The third-order valence-corrected chi connectivity index (χ3v) is 8.46. The van der Waals surface area contributed by atoms with Gasteiger partial charge in [-0.15, -0.1) is 0 Å². The molecule has 3 aromatic rings. The van der Waals surface area contributed by atoms with Crippen LogP contribution < -0.4 is 0 Å². The molecule has 0 aliphatic carbocycles. The number of piperazine rings is 1. The Morgan fingerprint density at radius 1 is 0.941 bits per heavy atom. The van der Waals surface area contributed by atoms with Crippen LogP contribution in [-0.4, -0.2) is 54.9 Å². The first-order valence-electron chi connectivity index (χ1n) is 11.1. The molecule has 0 radical (unpaired) electrons. The van der Waals surface area contributed by atoms with Gasteiger partial charge in [0.05, 0.1) is 17.4 Å². The molecule has 6 nitrogen and oxygen atoms in total. The third-order valence-electron chi connectivity index (χ3n) is 6.17. The second-order valence-corrected chi connectivity index (χ2v) is 10.8. The molecule has 0 amide bonds. The molecule has 1 fully saturated rings. The van der Waals surface area contributed by atoms with E-state index in [1.54, 1.807) is 19.1 Å². The van der Waals surface area contributed by atoms with Crippen molar-refractivity contribution in [2.45, 2.75) is 24.3 Å². The molecule has 1 aliphatic rings. The number of hydrogen-bond acceptors (Lipinski definition) is 4. The van der Waals surface area contributed by atoms with Crippen molar-refractivity contribution in [2.75, 3.05) is 26.2 Å². The summed E-state index contributed by atoms with van der Waals surface area (Å²) in [6.45, 7) is 3.56. The van der Waals surface area contributed by atoms with E-state index < -0.39 is 16.0 Å². The molecule has 0 saturated carbocycles. The van der Waals surface area contributed by atoms with Crippen LogP contribution in [0.2, 0.25) is 5.02 Å². The quantitative estimate of drug-likeness (QED) is 0.523. The minimum Gasteiger partial charge on any atom is -0.481 e. The first-order valence-corrected chi connectivity index (χ1v) is 12.9. The number of carbonyl (C=O) groups is 1. The third kappa shape index (κ3) is 5.33. The number of halogens is 1. The van der Waals surface area contributed by atoms with Crippen LogP contribution in [0.15, 0.2) is 77.7 Å². The molecule has 1 atom stereocenters. The molecule has 1 aliphatic heterocycles. The van der Waals surface area contributed by atoms with Gasteiger partial charge in [0, 0.05) is 31.2 Å². The fourth-order valence-electron chi connectivity index (χ4n) is 4.44. The number of aryl methyl sites for hydroxylation is 1. The highest BCUT2D eigenvalue weighted by molar-refractivity contribution is 7.89. The molecule has 34 heavy (non-hydrogen) atoms. The Bertz CT molecular complexity index is 1260. The minimum absolute atomic E-state index is 0.0102. The van der Waals surface area contributed by atoms with Crippen molar-refractivity contribution in [3.63, 3.8) is 0 Å². The summed E-state index contributed by atoms with van der Waals surface area (Å²) in [6, 6.07) is 22.8. The summed E-state index contributed by atoms with van der Waals surface area (Å²) in [6.07, 6.45) is -0.212. The monoisotopic (exact) mass is 498 g/mol. The van der Waals surface area contributed by atoms with E-state index in [-0.39, 0.29) is 17.4 Å². The summed E-state index contributed by atoms with van der Waals surface area (Å²) < 4.78 is 28.4. The van der Waals surface area contributed by atoms with Gasteiger partial charge in [-0.25, -0.2) is 8.42 Å². The van der Waals surface area contributed by atoms with E-state index >= 15 is 0 Å². The summed E-state index contributed by atoms with van der Waals surface area (Å²) in [5.41, 5.74) is 3.32. The van der Waals surface area contributed by atoms with Gasteiger partial charge in [0.25, 0.3) is 0 Å². The van der Waals surface area contributed by atoms with Crippen LogP contribution in [-0.2, 0) is 21.2 Å². The lowest BCUT2D eigenvalue weighted by Gasteiger charge is -2.39. The van der Waals surface area contributed by atoms with Crippen LogP contribution in [0.4, 0.5) is 0 Å². The standard InChI is InChI=1S/C26H27ClN2O4S/c1-19-7-8-20(18-25(30)31)17-24(19)34(32,33)29-15-13-28(14-16-29)26(21-5-3-2-4-6-21)22-9-11-23(27)12-10-22/h2-12,17,26H,13-16,18H2,1H3,(H,30,31). The van der Waals surface area contributed by atoms with E-state index in [1.165, 1.54) is 10.4 Å². The first-order chi connectivity index (χ1) is 16.3. The molecule has 178 valence electrons. The van der Waals surface area contributed by atoms with Crippen LogP contribution in [0.3, 0.4) is 0 Å². The summed E-state index contributed by atoms with van der Waals surface area (Å²) in [5.74, 6) is -0.991. The van der Waals surface area contributed by atoms with E-state index in [4.69, 9.17) is 16.7 Å². The van der Waals surface area contributed by atoms with Gasteiger partial charge >= 0.3 is 5.97 Å². The molecule has 0 aromatic heterocycles. The average molecular weight is 499 g/mol. The van der Waals surface area contributed by atoms with Gasteiger partial charge in [0.15, 0.2) is 0 Å². The Balaban J connectivity index is 1.56. The van der Waals surface area contributed by atoms with E-state index in [2.05, 4.69) is 17.0 Å². The van der Waals surface area contributed by atoms with Crippen molar-refractivity contribution in [3.8, 4) is 0 Å². The van der Waals surface area contributed by atoms with Gasteiger partial charge in [-0.1, -0.05) is 66.2 Å². The number of rotatable bonds is 7. The Morgan fingerprint density at radius 3 is 2.18 bits per heavy atom. The maximum Gasteiger partial charge on any atom is 0.307 e. The van der Waals surface area contributed by atoms with E-state index in [0.29, 0.717) is 42.3 Å². The second-order valence-electron chi connectivity index (χ2n) is 8.48. The van der Waals surface area contributed by atoms with Crippen molar-refractivity contribution in [2.24, 2.45) is 0 Å². The average Bonchev–Trinajstić information content (AvgIpc) is 2.82. The predicted octanol–water partition coefficient (Wildman–Crippen LogP) is 4.37. The molecule has 8 heteroatoms. The molecule has 4 rings (SSSR count). The summed E-state index contributed by atoms with van der Waals surface area (Å²) in [5, 5.41) is 9.76. The smallest absolute Gasteiger partial charge is 0.307 e. The Kier molecular flexibility index (Phi) is 7.38. The second kappa shape index (κ2) is 10.3. The van der Waals surface area contributed by atoms with Crippen LogP contribution in [0.5, 0.6) is 0 Å². The van der Waals surface area contributed by atoms with Gasteiger partial charge in [0.2, 0.25) is 10.0 Å². The summed E-state index contributed by atoms with van der Waals surface area (Å²) in [7, 11) is -3.74. The summed E-state index contributed by atoms with van der Waals surface area (Å²) in [4.78, 5) is 13.6. The van der Waals surface area contributed by atoms with Crippen LogP contribution in [0, 0.1) is 6.92 Å². The molecule has 1 unspecified atom stereocenters. The zero-order valence-corrected chi connectivity index (χ0v) is 20.5. The van der Waals surface area contributed by atoms with Crippen molar-refractivity contribution in [1.29, 1.82) is 0 Å². The fraction of sp³-hybridized carbons (Fsp3) is 0.269. The highest BCUT2D eigenvalue weighted by Crippen LogP contribution is 2.31. The van der Waals surface area contributed by atoms with Crippen molar-refractivity contribution in [1.82, 2.24) is 9.21 Å². The van der Waals surface area contributed by atoms with Crippen LogP contribution >= 0.6 is 11.6 Å². The number of benzene rings is 3. The van der Waals surface area contributed by atoms with Gasteiger partial charge in [-0.3, -0.25) is 9.69 Å². The molecule has 3 aromatic carbocycles. The molecular formula is C26H27ClN2O4S. The zero-order chi connectivity index (χ0) is 24.3. The predicted molar refractivity (Wildman–Crippen MR) is 133 cm³/mol. The highest BCUT2D eigenvalue weighted by Gasteiger charge is 2.33. The number of nitrogens with zero attached hydrogens (tertiary/aromatic N) is 2. The normalized spacial score (nSPS) is 16.3. The SMILES string of the molecule is Cc1ccc(CC(=O)O)cc1S(=O)(=O)N1CCN(C(c2ccccc2)c2ccc(Cl)cc2)CC1. The molecule has 1 saturated heterocycles. The maximum atomic E-state index is 13.4. The Labute approximate surface area is 205 Å². The van der Waals surface area contributed by atoms with Gasteiger partial charge < -0.3 is 5.11 Å². The lowest BCUT2D eigenvalue weighted by Crippen LogP contribution is -2.49. The topological polar surface area (TPSA) is 77.9 Å². The molecule has 1 N–H and O–H groups in total. The van der Waals surface area contributed by atoms with Gasteiger partial charge in [-0.2, -0.15) is 4.31 Å². The summed E-state index contributed by atoms with van der Waals surface area (Å²) >= 11 is 6.11. The Morgan fingerprint density at radius 2 is 1.56 bits per heavy atom. The maximum absolute atomic E-state index is 13.4. The lowest BCUT2D eigenvalue weighted by molar-refractivity contribution is -0.136. The number of carboxylic acids is 1. The van der Waals surface area contributed by atoms with Gasteiger partial charge in [-0.05, 0) is 47.4 Å². The number of carboxylic acid groups (broad SMARTS) is 1. The number of hydrogen-bond donors (Lipinski definition) is 1. The minimum atomic E-state index is -3.74. The largest absolute Gasteiger partial charge is 0.481 e. The Hall–Kier alpha value is -2.71. The van der Waals surface area contributed by atoms with E-state index in [0.717, 1.165) is 11.1 Å². The highest BCUT2D eigenvalue weighted by atomic mass is 35.5. The van der Waals surface area contributed by atoms with Crippen LogP contribution in [0.1, 0.15) is 28.3 Å². The number of sulfonamides is 1. The molecule has 0 spiro atoms. The van der Waals surface area contributed by atoms with Crippen molar-refractivity contribution < 1.29 is 18.3 Å².